The molecule has 0 aliphatic heterocycles. The first-order valence-corrected chi connectivity index (χ1v) is 6.60. The van der Waals surface area contributed by atoms with Crippen molar-refractivity contribution in [2.24, 2.45) is 0 Å². The Morgan fingerprint density at radius 2 is 1.95 bits per heavy atom. The summed E-state index contributed by atoms with van der Waals surface area (Å²) in [6.07, 6.45) is 0.754. The predicted octanol–water partition coefficient (Wildman–Crippen LogP) is 3.41. The van der Waals surface area contributed by atoms with Gasteiger partial charge in [0, 0.05) is 0 Å². The van der Waals surface area contributed by atoms with Crippen LogP contribution in [-0.4, -0.2) is 10.9 Å². The smallest absolute Gasteiger partial charge is 0.270 e. The number of carbonyl (C=O) groups excluding carboxylic acids is 1. The van der Waals surface area contributed by atoms with E-state index in [0.717, 1.165) is 12.0 Å². The summed E-state index contributed by atoms with van der Waals surface area (Å²) < 4.78 is 13.0. The number of benzene rings is 1. The van der Waals surface area contributed by atoms with E-state index >= 15 is 0 Å². The Kier molecular flexibility index (Phi) is 4.45. The van der Waals surface area contributed by atoms with Crippen LogP contribution in [0.5, 0.6) is 0 Å². The van der Waals surface area contributed by atoms with Gasteiger partial charge >= 0.3 is 0 Å². The summed E-state index contributed by atoms with van der Waals surface area (Å²) in [6.45, 7) is 4.00. The van der Waals surface area contributed by atoms with E-state index in [1.54, 1.807) is 0 Å². The van der Waals surface area contributed by atoms with Crippen molar-refractivity contribution in [2.75, 3.05) is 0 Å². The van der Waals surface area contributed by atoms with Gasteiger partial charge < -0.3 is 5.32 Å². The van der Waals surface area contributed by atoms with Gasteiger partial charge in [0.05, 0.1) is 6.04 Å². The maximum Gasteiger partial charge on any atom is 0.270 e. The van der Waals surface area contributed by atoms with Crippen LogP contribution in [-0.2, 0) is 0 Å². The van der Waals surface area contributed by atoms with Crippen molar-refractivity contribution in [3.63, 3.8) is 0 Å². The Bertz CT molecular complexity index is 596. The number of nitrogens with zero attached hydrogens (tertiary/aromatic N) is 1. The van der Waals surface area contributed by atoms with E-state index in [2.05, 4.69) is 10.3 Å². The second-order valence-electron chi connectivity index (χ2n) is 4.69. The first-order valence-electron chi connectivity index (χ1n) is 6.60. The van der Waals surface area contributed by atoms with Crippen LogP contribution < -0.4 is 5.32 Å². The Labute approximate surface area is 117 Å². The van der Waals surface area contributed by atoms with Crippen LogP contribution in [0, 0.1) is 12.9 Å². The number of amides is 1. The van der Waals surface area contributed by atoms with Crippen molar-refractivity contribution in [3.05, 3.63) is 65.2 Å². The standard InChI is InChI=1S/C16H17FN2O/c1-3-13(12-9-7-11(2)8-10-12)19-16(20)14-5-4-6-15(17)18-14/h4-10,13H,3H2,1-2H3,(H,19,20). The van der Waals surface area contributed by atoms with Gasteiger partial charge in [0.15, 0.2) is 0 Å². The number of halogens is 1. The molecule has 0 aliphatic carbocycles. The molecule has 0 saturated carbocycles. The number of rotatable bonds is 4. The summed E-state index contributed by atoms with van der Waals surface area (Å²) in [6, 6.07) is 12.1. The molecular formula is C16H17FN2O. The zero-order valence-corrected chi connectivity index (χ0v) is 11.6. The van der Waals surface area contributed by atoms with Crippen molar-refractivity contribution in [3.8, 4) is 0 Å². The van der Waals surface area contributed by atoms with E-state index in [4.69, 9.17) is 0 Å². The predicted molar refractivity (Wildman–Crippen MR) is 75.9 cm³/mol. The number of hydrogen-bond acceptors (Lipinski definition) is 2. The number of hydrogen-bond donors (Lipinski definition) is 1. The molecular weight excluding hydrogens is 255 g/mol. The highest BCUT2D eigenvalue weighted by molar-refractivity contribution is 5.92. The molecule has 1 unspecified atom stereocenters. The molecule has 4 heteroatoms. The average Bonchev–Trinajstić information content (AvgIpc) is 2.45. The van der Waals surface area contributed by atoms with E-state index in [9.17, 15) is 9.18 Å². The molecule has 1 amide bonds. The molecule has 0 radical (unpaired) electrons. The minimum Gasteiger partial charge on any atom is -0.344 e. The van der Waals surface area contributed by atoms with Crippen molar-refractivity contribution >= 4 is 5.91 Å². The van der Waals surface area contributed by atoms with Crippen LogP contribution in [0.2, 0.25) is 0 Å². The molecule has 2 aromatic rings. The molecule has 0 fully saturated rings. The normalized spacial score (nSPS) is 11.9. The molecule has 1 N–H and O–H groups in total. The van der Waals surface area contributed by atoms with Gasteiger partial charge in [-0.05, 0) is 31.0 Å². The summed E-state index contributed by atoms with van der Waals surface area (Å²) in [5.74, 6) is -1.02. The fourth-order valence-electron chi connectivity index (χ4n) is 1.99. The van der Waals surface area contributed by atoms with Gasteiger partial charge in [-0.15, -0.1) is 0 Å². The molecule has 0 bridgehead atoms. The van der Waals surface area contributed by atoms with Gasteiger partial charge in [-0.25, -0.2) is 4.98 Å². The summed E-state index contributed by atoms with van der Waals surface area (Å²) in [7, 11) is 0. The number of aromatic nitrogens is 1. The first kappa shape index (κ1) is 14.2. The SMILES string of the molecule is CCC(NC(=O)c1cccc(F)n1)c1ccc(C)cc1. The first-order chi connectivity index (χ1) is 9.60. The molecule has 0 spiro atoms. The fourth-order valence-corrected chi connectivity index (χ4v) is 1.99. The molecule has 1 heterocycles. The van der Waals surface area contributed by atoms with Gasteiger partial charge in [0.2, 0.25) is 5.95 Å². The summed E-state index contributed by atoms with van der Waals surface area (Å²) >= 11 is 0. The summed E-state index contributed by atoms with van der Waals surface area (Å²) in [5, 5.41) is 2.88. The topological polar surface area (TPSA) is 42.0 Å². The van der Waals surface area contributed by atoms with E-state index in [1.165, 1.54) is 23.8 Å². The molecule has 20 heavy (non-hydrogen) atoms. The van der Waals surface area contributed by atoms with Crippen molar-refractivity contribution < 1.29 is 9.18 Å². The monoisotopic (exact) mass is 272 g/mol. The Morgan fingerprint density at radius 1 is 1.25 bits per heavy atom. The second kappa shape index (κ2) is 6.28. The zero-order valence-electron chi connectivity index (χ0n) is 11.6. The Morgan fingerprint density at radius 3 is 2.55 bits per heavy atom. The third-order valence-corrected chi connectivity index (χ3v) is 3.14. The largest absolute Gasteiger partial charge is 0.344 e. The molecule has 104 valence electrons. The molecule has 3 nitrogen and oxygen atoms in total. The molecule has 1 atom stereocenters. The van der Waals surface area contributed by atoms with Gasteiger partial charge in [-0.2, -0.15) is 4.39 Å². The number of nitrogens with one attached hydrogen (secondary N) is 1. The van der Waals surface area contributed by atoms with Crippen molar-refractivity contribution in [2.45, 2.75) is 26.3 Å². The van der Waals surface area contributed by atoms with E-state index in [0.29, 0.717) is 0 Å². The maximum atomic E-state index is 13.0. The zero-order chi connectivity index (χ0) is 14.5. The Hall–Kier alpha value is -2.23. The van der Waals surface area contributed by atoms with E-state index in [1.807, 2.05) is 38.1 Å². The lowest BCUT2D eigenvalue weighted by Gasteiger charge is -2.17. The molecule has 0 aliphatic rings. The second-order valence-corrected chi connectivity index (χ2v) is 4.69. The van der Waals surface area contributed by atoms with Gasteiger partial charge in [0.25, 0.3) is 5.91 Å². The number of aryl methyl sites for hydroxylation is 1. The third-order valence-electron chi connectivity index (χ3n) is 3.14. The number of carbonyl (C=O) groups is 1. The highest BCUT2D eigenvalue weighted by atomic mass is 19.1. The van der Waals surface area contributed by atoms with Crippen LogP contribution in [0.3, 0.4) is 0 Å². The minimum absolute atomic E-state index is 0.0931. The highest BCUT2D eigenvalue weighted by Gasteiger charge is 2.15. The van der Waals surface area contributed by atoms with E-state index in [-0.39, 0.29) is 17.6 Å². The number of pyridine rings is 1. The lowest BCUT2D eigenvalue weighted by atomic mass is 10.0. The van der Waals surface area contributed by atoms with Crippen molar-refractivity contribution in [1.29, 1.82) is 0 Å². The molecule has 1 aromatic carbocycles. The van der Waals surface area contributed by atoms with Crippen LogP contribution >= 0.6 is 0 Å². The van der Waals surface area contributed by atoms with Gasteiger partial charge in [0.1, 0.15) is 5.69 Å². The summed E-state index contributed by atoms with van der Waals surface area (Å²) in [5.41, 5.74) is 2.29. The summed E-state index contributed by atoms with van der Waals surface area (Å²) in [4.78, 5) is 15.7. The molecule has 1 aromatic heterocycles. The highest BCUT2D eigenvalue weighted by Crippen LogP contribution is 2.17. The van der Waals surface area contributed by atoms with Crippen molar-refractivity contribution in [1.82, 2.24) is 10.3 Å². The molecule has 2 rings (SSSR count). The van der Waals surface area contributed by atoms with Crippen LogP contribution in [0.15, 0.2) is 42.5 Å². The van der Waals surface area contributed by atoms with E-state index < -0.39 is 5.95 Å². The van der Waals surface area contributed by atoms with Crippen LogP contribution in [0.25, 0.3) is 0 Å². The van der Waals surface area contributed by atoms with Crippen LogP contribution in [0.4, 0.5) is 4.39 Å². The maximum absolute atomic E-state index is 13.0. The van der Waals surface area contributed by atoms with Gasteiger partial charge in [-0.1, -0.05) is 42.8 Å². The molecule has 0 saturated heterocycles. The average molecular weight is 272 g/mol. The quantitative estimate of drug-likeness (QED) is 0.867. The van der Waals surface area contributed by atoms with Gasteiger partial charge in [-0.3, -0.25) is 4.79 Å². The lowest BCUT2D eigenvalue weighted by molar-refractivity contribution is 0.0929. The lowest BCUT2D eigenvalue weighted by Crippen LogP contribution is -2.29. The third kappa shape index (κ3) is 3.41. The van der Waals surface area contributed by atoms with Crippen LogP contribution in [0.1, 0.15) is 41.0 Å². The minimum atomic E-state index is -0.652. The Balaban J connectivity index is 2.14. The fraction of sp³-hybridized carbons (Fsp3) is 0.250.